The first-order valence-electron chi connectivity index (χ1n) is 13.6. The zero-order valence-corrected chi connectivity index (χ0v) is 24.7. The Hall–Kier alpha value is -4.91. The van der Waals surface area contributed by atoms with E-state index in [1.807, 2.05) is 24.3 Å². The summed E-state index contributed by atoms with van der Waals surface area (Å²) in [5, 5.41) is 10.5. The van der Waals surface area contributed by atoms with E-state index in [1.54, 1.807) is 13.3 Å². The van der Waals surface area contributed by atoms with Crippen molar-refractivity contribution < 1.29 is 22.7 Å². The lowest BCUT2D eigenvalue weighted by molar-refractivity contribution is -0.274. The van der Waals surface area contributed by atoms with Gasteiger partial charge in [0.25, 0.3) is 0 Å². The number of ether oxygens (including phenoxy) is 1. The Labute approximate surface area is 255 Å². The number of allylic oxidation sites excluding steroid dienone is 1. The number of fused-ring (bicyclic) bond motifs is 3. The fourth-order valence-electron chi connectivity index (χ4n) is 4.86. The lowest BCUT2D eigenvalue weighted by atomic mass is 9.93. The van der Waals surface area contributed by atoms with Crippen LogP contribution in [-0.2, 0) is 0 Å². The van der Waals surface area contributed by atoms with Gasteiger partial charge >= 0.3 is 12.4 Å². The van der Waals surface area contributed by atoms with Crippen LogP contribution in [0.25, 0.3) is 17.1 Å². The number of anilines is 1. The zero-order chi connectivity index (χ0) is 31.0. The van der Waals surface area contributed by atoms with Gasteiger partial charge in [-0.1, -0.05) is 61.2 Å². The molecule has 13 heteroatoms. The van der Waals surface area contributed by atoms with Crippen LogP contribution in [0, 0.1) is 6.92 Å². The predicted octanol–water partition coefficient (Wildman–Crippen LogP) is 7.14. The first-order valence-corrected chi connectivity index (χ1v) is 14.6. The number of halogens is 3. The number of aryl methyl sites for hydroxylation is 1. The third-order valence-electron chi connectivity index (χ3n) is 7.03. The maximum absolute atomic E-state index is 13.0. The highest BCUT2D eigenvalue weighted by Gasteiger charge is 2.34. The molecule has 3 heterocycles. The summed E-state index contributed by atoms with van der Waals surface area (Å²) in [6.07, 6.45) is 0.496. The number of hydrogen-bond donors (Lipinski definition) is 0. The third kappa shape index (κ3) is 6.23. The van der Waals surface area contributed by atoms with Crippen LogP contribution in [0.5, 0.6) is 5.75 Å². The van der Waals surface area contributed by atoms with Crippen LogP contribution in [0.15, 0.2) is 94.9 Å². The summed E-state index contributed by atoms with van der Waals surface area (Å²) in [6.45, 7) is 4.22. The van der Waals surface area contributed by atoms with E-state index in [0.29, 0.717) is 22.6 Å². The van der Waals surface area contributed by atoms with E-state index in [0.717, 1.165) is 33.8 Å². The second-order valence-electron chi connectivity index (χ2n) is 10.3. The van der Waals surface area contributed by atoms with Crippen LogP contribution >= 0.6 is 11.8 Å². The summed E-state index contributed by atoms with van der Waals surface area (Å²) in [4.78, 5) is 23.7. The second kappa shape index (κ2) is 11.6. The van der Waals surface area contributed by atoms with Gasteiger partial charge in [-0.3, -0.25) is 4.90 Å². The van der Waals surface area contributed by atoms with Crippen molar-refractivity contribution in [2.45, 2.75) is 26.1 Å². The number of aliphatic imine (C=N–C) groups is 1. The Morgan fingerprint density at radius 3 is 2.59 bits per heavy atom. The number of urea groups is 1. The van der Waals surface area contributed by atoms with Crippen molar-refractivity contribution in [3.8, 4) is 22.8 Å². The molecule has 2 aliphatic heterocycles. The molecule has 224 valence electrons. The second-order valence-corrected chi connectivity index (χ2v) is 11.2. The SMILES string of the molecule is Cc1ccc2c(c1)N1C(=CC2C)CS/C1=N\C(=O)N(C)/N=C/c1ccc(-c2ncn(-c3ccc(OC(F)(F)F)cc3)n2)cc1. The average Bonchev–Trinajstić information content (AvgIpc) is 3.63. The largest absolute Gasteiger partial charge is 0.573 e. The van der Waals surface area contributed by atoms with Crippen molar-refractivity contribution in [3.05, 3.63) is 102 Å². The number of thioether (sulfide) groups is 1. The van der Waals surface area contributed by atoms with Gasteiger partial charge in [0.1, 0.15) is 12.1 Å². The molecule has 1 unspecified atom stereocenters. The summed E-state index contributed by atoms with van der Waals surface area (Å²) in [5.41, 5.74) is 6.53. The van der Waals surface area contributed by atoms with Crippen molar-refractivity contribution in [1.29, 1.82) is 0 Å². The number of rotatable bonds is 5. The molecular formula is C31H26F3N7O2S. The molecule has 0 saturated carbocycles. The van der Waals surface area contributed by atoms with Crippen LogP contribution in [0.4, 0.5) is 23.7 Å². The van der Waals surface area contributed by atoms with Crippen molar-refractivity contribution in [2.75, 3.05) is 17.7 Å². The van der Waals surface area contributed by atoms with Gasteiger partial charge in [-0.15, -0.1) is 18.3 Å². The highest BCUT2D eigenvalue weighted by atomic mass is 32.2. The molecule has 44 heavy (non-hydrogen) atoms. The molecule has 0 spiro atoms. The maximum Gasteiger partial charge on any atom is 0.573 e. The highest BCUT2D eigenvalue weighted by Crippen LogP contribution is 2.43. The van der Waals surface area contributed by atoms with E-state index in [4.69, 9.17) is 0 Å². The minimum atomic E-state index is -4.76. The molecule has 1 fully saturated rings. The molecule has 0 N–H and O–H groups in total. The summed E-state index contributed by atoms with van der Waals surface area (Å²) < 4.78 is 42.6. The van der Waals surface area contributed by atoms with E-state index < -0.39 is 12.4 Å². The molecule has 1 aromatic heterocycles. The molecule has 3 aromatic carbocycles. The fourth-order valence-corrected chi connectivity index (χ4v) is 5.85. The Morgan fingerprint density at radius 1 is 1.11 bits per heavy atom. The van der Waals surface area contributed by atoms with Gasteiger partial charge < -0.3 is 4.74 Å². The number of benzene rings is 3. The Bertz CT molecular complexity index is 1800. The lowest BCUT2D eigenvalue weighted by Crippen LogP contribution is -2.29. The predicted molar refractivity (Wildman–Crippen MR) is 164 cm³/mol. The summed E-state index contributed by atoms with van der Waals surface area (Å²) in [5.74, 6) is 1.15. The number of hydrazone groups is 1. The van der Waals surface area contributed by atoms with Crippen molar-refractivity contribution in [2.24, 2.45) is 10.1 Å². The minimum Gasteiger partial charge on any atom is -0.406 e. The van der Waals surface area contributed by atoms with Gasteiger partial charge in [-0.2, -0.15) is 10.1 Å². The third-order valence-corrected chi connectivity index (χ3v) is 8.00. The number of carbonyl (C=O) groups excluding carboxylic acids is 1. The standard InChI is InChI=1S/C31H26F3N7O2S/c1-19-4-13-26-20(2)15-24-17-44-30(41(24)27(26)14-19)37-29(42)39(3)36-16-21-5-7-22(8-6-21)28-35-18-40(38-28)23-9-11-25(12-10-23)43-31(32,33)34/h4-16,18,20H,17H2,1-3H3/b36-16+,37-30-. The molecule has 2 aliphatic rings. The molecule has 0 bridgehead atoms. The van der Waals surface area contributed by atoms with E-state index in [2.05, 4.69) is 67.9 Å². The normalized spacial score (nSPS) is 17.0. The smallest absolute Gasteiger partial charge is 0.406 e. The number of amidine groups is 1. The molecule has 1 atom stereocenters. The zero-order valence-electron chi connectivity index (χ0n) is 23.9. The quantitative estimate of drug-likeness (QED) is 0.175. The number of amides is 2. The van der Waals surface area contributed by atoms with E-state index in [-0.39, 0.29) is 5.75 Å². The molecule has 4 aromatic rings. The van der Waals surface area contributed by atoms with Crippen molar-refractivity contribution >= 4 is 34.9 Å². The minimum absolute atomic E-state index is 0.292. The monoisotopic (exact) mass is 617 g/mol. The molecular weight excluding hydrogens is 591 g/mol. The van der Waals surface area contributed by atoms with E-state index in [1.165, 1.54) is 57.6 Å². The van der Waals surface area contributed by atoms with Gasteiger partial charge in [-0.05, 0) is 53.9 Å². The van der Waals surface area contributed by atoms with Crippen molar-refractivity contribution in [1.82, 2.24) is 19.8 Å². The van der Waals surface area contributed by atoms with Crippen LogP contribution in [-0.4, -0.2) is 56.3 Å². The van der Waals surface area contributed by atoms with Gasteiger partial charge in [0.05, 0.1) is 17.6 Å². The number of aromatic nitrogens is 3. The Morgan fingerprint density at radius 2 is 1.86 bits per heavy atom. The van der Waals surface area contributed by atoms with Gasteiger partial charge in [0.2, 0.25) is 0 Å². The van der Waals surface area contributed by atoms with Crippen LogP contribution in [0.2, 0.25) is 0 Å². The summed E-state index contributed by atoms with van der Waals surface area (Å²) in [6, 6.07) is 18.4. The van der Waals surface area contributed by atoms with Crippen LogP contribution < -0.4 is 9.64 Å². The van der Waals surface area contributed by atoms with E-state index in [9.17, 15) is 18.0 Å². The molecule has 6 rings (SSSR count). The van der Waals surface area contributed by atoms with E-state index >= 15 is 0 Å². The molecule has 1 saturated heterocycles. The molecule has 0 radical (unpaired) electrons. The molecule has 9 nitrogen and oxygen atoms in total. The number of hydrogen-bond acceptors (Lipinski definition) is 6. The molecule has 0 aliphatic carbocycles. The average molecular weight is 618 g/mol. The summed E-state index contributed by atoms with van der Waals surface area (Å²) in [7, 11) is 1.56. The number of nitrogens with zero attached hydrogens (tertiary/aromatic N) is 7. The lowest BCUT2D eigenvalue weighted by Gasteiger charge is -2.30. The first-order chi connectivity index (χ1) is 21.0. The van der Waals surface area contributed by atoms with Gasteiger partial charge in [0, 0.05) is 30.0 Å². The molecule has 2 amide bonds. The van der Waals surface area contributed by atoms with Crippen LogP contribution in [0.3, 0.4) is 0 Å². The summed E-state index contributed by atoms with van der Waals surface area (Å²) >= 11 is 1.53. The fraction of sp³-hybridized carbons (Fsp3) is 0.194. The van der Waals surface area contributed by atoms with Gasteiger partial charge in [-0.25, -0.2) is 19.5 Å². The Balaban J connectivity index is 1.11. The van der Waals surface area contributed by atoms with Crippen LogP contribution in [0.1, 0.15) is 29.5 Å². The maximum atomic E-state index is 13.0. The first kappa shape index (κ1) is 29.2. The topological polar surface area (TPSA) is 88.2 Å². The number of alkyl halides is 3. The number of carbonyl (C=O) groups is 1. The Kier molecular flexibility index (Phi) is 7.72. The van der Waals surface area contributed by atoms with Gasteiger partial charge in [0.15, 0.2) is 11.0 Å². The highest BCUT2D eigenvalue weighted by molar-refractivity contribution is 8.14. The van der Waals surface area contributed by atoms with Crippen molar-refractivity contribution in [3.63, 3.8) is 0 Å².